The van der Waals surface area contributed by atoms with Gasteiger partial charge in [-0.05, 0) is 51.2 Å². The fourth-order valence-corrected chi connectivity index (χ4v) is 3.82. The SMILES string of the molecule is CN(C)[C@@H]1CN(C(=O)C2CCN(C(=O)c3ccc(F)cc3)CC2)C[C@H]1O. The predicted molar refractivity (Wildman–Crippen MR) is 95.1 cm³/mol. The molecule has 2 aliphatic rings. The Hall–Kier alpha value is -1.99. The second-order valence-corrected chi connectivity index (χ2v) is 7.41. The highest BCUT2D eigenvalue weighted by molar-refractivity contribution is 5.94. The maximum atomic E-state index is 13.0. The lowest BCUT2D eigenvalue weighted by Gasteiger charge is -2.33. The summed E-state index contributed by atoms with van der Waals surface area (Å²) in [5, 5.41) is 10.1. The molecule has 0 spiro atoms. The van der Waals surface area contributed by atoms with Gasteiger partial charge < -0.3 is 19.8 Å². The van der Waals surface area contributed by atoms with E-state index in [1.165, 1.54) is 24.3 Å². The van der Waals surface area contributed by atoms with Crippen LogP contribution in [0.25, 0.3) is 0 Å². The number of halogens is 1. The van der Waals surface area contributed by atoms with Crippen molar-refractivity contribution in [1.29, 1.82) is 0 Å². The molecule has 7 heteroatoms. The number of carbonyl (C=O) groups is 2. The minimum absolute atomic E-state index is 0.0286. The van der Waals surface area contributed by atoms with E-state index in [1.807, 2.05) is 19.0 Å². The molecule has 2 atom stereocenters. The number of nitrogens with zero attached hydrogens (tertiary/aromatic N) is 3. The average molecular weight is 363 g/mol. The summed E-state index contributed by atoms with van der Waals surface area (Å²) >= 11 is 0. The Morgan fingerprint density at radius 3 is 2.23 bits per heavy atom. The standard InChI is InChI=1S/C19H26FN3O3/c1-21(2)16-11-23(12-17(16)24)19(26)14-7-9-22(10-8-14)18(25)13-3-5-15(20)6-4-13/h3-6,14,16-17,24H,7-12H2,1-2H3/t16-,17-/m1/s1. The lowest BCUT2D eigenvalue weighted by atomic mass is 9.95. The third-order valence-corrected chi connectivity index (χ3v) is 5.46. The Morgan fingerprint density at radius 1 is 1.08 bits per heavy atom. The first-order valence-electron chi connectivity index (χ1n) is 9.05. The summed E-state index contributed by atoms with van der Waals surface area (Å²) in [4.78, 5) is 30.6. The van der Waals surface area contributed by atoms with Crippen LogP contribution in [0.1, 0.15) is 23.2 Å². The zero-order valence-electron chi connectivity index (χ0n) is 15.3. The minimum Gasteiger partial charge on any atom is -0.390 e. The summed E-state index contributed by atoms with van der Waals surface area (Å²) in [5.74, 6) is -0.530. The molecule has 26 heavy (non-hydrogen) atoms. The van der Waals surface area contributed by atoms with Crippen LogP contribution in [0.5, 0.6) is 0 Å². The molecule has 2 saturated heterocycles. The van der Waals surface area contributed by atoms with Gasteiger partial charge >= 0.3 is 0 Å². The fraction of sp³-hybridized carbons (Fsp3) is 0.579. The van der Waals surface area contributed by atoms with E-state index in [0.29, 0.717) is 44.6 Å². The van der Waals surface area contributed by atoms with Crippen LogP contribution in [-0.2, 0) is 4.79 Å². The average Bonchev–Trinajstić information content (AvgIpc) is 3.03. The molecule has 2 heterocycles. The van der Waals surface area contributed by atoms with E-state index >= 15 is 0 Å². The number of carbonyl (C=O) groups excluding carboxylic acids is 2. The lowest BCUT2D eigenvalue weighted by molar-refractivity contribution is -0.136. The molecule has 1 aromatic rings. The molecule has 3 rings (SSSR count). The van der Waals surface area contributed by atoms with Crippen molar-refractivity contribution in [2.24, 2.45) is 5.92 Å². The first kappa shape index (κ1) is 18.8. The van der Waals surface area contributed by atoms with Gasteiger partial charge in [0.05, 0.1) is 12.1 Å². The van der Waals surface area contributed by atoms with Gasteiger partial charge in [0.25, 0.3) is 5.91 Å². The Labute approximate surface area is 153 Å². The highest BCUT2D eigenvalue weighted by Gasteiger charge is 2.38. The second-order valence-electron chi connectivity index (χ2n) is 7.41. The lowest BCUT2D eigenvalue weighted by Crippen LogP contribution is -2.44. The van der Waals surface area contributed by atoms with Gasteiger partial charge in [0.2, 0.25) is 5.91 Å². The minimum atomic E-state index is -0.519. The van der Waals surface area contributed by atoms with Crippen molar-refractivity contribution in [2.45, 2.75) is 25.0 Å². The summed E-state index contributed by atoms with van der Waals surface area (Å²) in [6.45, 7) is 1.94. The normalized spacial score (nSPS) is 24.3. The molecule has 142 valence electrons. The quantitative estimate of drug-likeness (QED) is 0.863. The van der Waals surface area contributed by atoms with Crippen LogP contribution in [0.3, 0.4) is 0 Å². The zero-order valence-corrected chi connectivity index (χ0v) is 15.3. The van der Waals surface area contributed by atoms with Crippen LogP contribution in [0, 0.1) is 11.7 Å². The van der Waals surface area contributed by atoms with E-state index in [0.717, 1.165) is 0 Å². The smallest absolute Gasteiger partial charge is 0.253 e. The number of amides is 2. The maximum Gasteiger partial charge on any atom is 0.253 e. The van der Waals surface area contributed by atoms with Crippen LogP contribution in [0.4, 0.5) is 4.39 Å². The van der Waals surface area contributed by atoms with Crippen molar-refractivity contribution < 1.29 is 19.1 Å². The van der Waals surface area contributed by atoms with Crippen LogP contribution in [0.2, 0.25) is 0 Å². The molecule has 2 amide bonds. The molecule has 0 aliphatic carbocycles. The zero-order chi connectivity index (χ0) is 18.8. The highest BCUT2D eigenvalue weighted by Crippen LogP contribution is 2.24. The molecule has 2 aliphatic heterocycles. The molecular formula is C19H26FN3O3. The van der Waals surface area contributed by atoms with Crippen molar-refractivity contribution in [3.8, 4) is 0 Å². The van der Waals surface area contributed by atoms with Gasteiger partial charge in [0.1, 0.15) is 5.82 Å². The van der Waals surface area contributed by atoms with Gasteiger partial charge in [0.15, 0.2) is 0 Å². The number of β-amino-alcohol motifs (C(OH)–C–C–N with tert-alkyl or cyclic N) is 1. The predicted octanol–water partition coefficient (Wildman–Crippen LogP) is 0.811. The topological polar surface area (TPSA) is 64.1 Å². The van der Waals surface area contributed by atoms with Crippen molar-refractivity contribution in [2.75, 3.05) is 40.3 Å². The molecule has 1 aromatic carbocycles. The number of rotatable bonds is 3. The second kappa shape index (κ2) is 7.72. The number of benzene rings is 1. The molecule has 0 unspecified atom stereocenters. The largest absolute Gasteiger partial charge is 0.390 e. The monoisotopic (exact) mass is 363 g/mol. The third-order valence-electron chi connectivity index (χ3n) is 5.46. The summed E-state index contributed by atoms with van der Waals surface area (Å²) in [6, 6.07) is 5.51. The molecule has 0 aromatic heterocycles. The number of aliphatic hydroxyl groups excluding tert-OH is 1. The number of piperidine rings is 1. The van der Waals surface area contributed by atoms with E-state index in [2.05, 4.69) is 0 Å². The first-order chi connectivity index (χ1) is 12.4. The number of aliphatic hydroxyl groups is 1. The van der Waals surface area contributed by atoms with Crippen LogP contribution < -0.4 is 0 Å². The van der Waals surface area contributed by atoms with Crippen molar-refractivity contribution in [3.05, 3.63) is 35.6 Å². The van der Waals surface area contributed by atoms with E-state index < -0.39 is 6.10 Å². The van der Waals surface area contributed by atoms with Gasteiger partial charge in [-0.1, -0.05) is 0 Å². The Bertz CT molecular complexity index is 656. The molecular weight excluding hydrogens is 337 g/mol. The fourth-order valence-electron chi connectivity index (χ4n) is 3.82. The first-order valence-corrected chi connectivity index (χ1v) is 9.05. The van der Waals surface area contributed by atoms with E-state index in [1.54, 1.807) is 9.80 Å². The summed E-state index contributed by atoms with van der Waals surface area (Å²) < 4.78 is 13.0. The summed E-state index contributed by atoms with van der Waals surface area (Å²) in [6.07, 6.45) is 0.713. The van der Waals surface area contributed by atoms with E-state index in [-0.39, 0.29) is 29.6 Å². The maximum absolute atomic E-state index is 13.0. The van der Waals surface area contributed by atoms with Crippen molar-refractivity contribution >= 4 is 11.8 Å². The molecule has 0 radical (unpaired) electrons. The molecule has 0 saturated carbocycles. The van der Waals surface area contributed by atoms with Crippen molar-refractivity contribution in [1.82, 2.24) is 14.7 Å². The molecule has 1 N–H and O–H groups in total. The third kappa shape index (κ3) is 3.88. The van der Waals surface area contributed by atoms with Gasteiger partial charge in [-0.15, -0.1) is 0 Å². The Balaban J connectivity index is 1.54. The van der Waals surface area contributed by atoms with Gasteiger partial charge in [-0.2, -0.15) is 0 Å². The molecule has 0 bridgehead atoms. The number of hydrogen-bond donors (Lipinski definition) is 1. The van der Waals surface area contributed by atoms with Crippen LogP contribution in [-0.4, -0.2) is 84.0 Å². The molecule has 2 fully saturated rings. The van der Waals surface area contributed by atoms with Crippen LogP contribution in [0.15, 0.2) is 24.3 Å². The number of likely N-dealkylation sites (N-methyl/N-ethyl adjacent to an activating group) is 1. The van der Waals surface area contributed by atoms with E-state index in [9.17, 15) is 19.1 Å². The van der Waals surface area contributed by atoms with Crippen LogP contribution >= 0.6 is 0 Å². The van der Waals surface area contributed by atoms with Gasteiger partial charge in [-0.25, -0.2) is 4.39 Å². The highest BCUT2D eigenvalue weighted by atomic mass is 19.1. The molecule has 6 nitrogen and oxygen atoms in total. The summed E-state index contributed by atoms with van der Waals surface area (Å²) in [5.41, 5.74) is 0.465. The number of likely N-dealkylation sites (tertiary alicyclic amines) is 2. The van der Waals surface area contributed by atoms with Crippen molar-refractivity contribution in [3.63, 3.8) is 0 Å². The Kier molecular flexibility index (Phi) is 5.58. The van der Waals surface area contributed by atoms with Gasteiger partial charge in [-0.3, -0.25) is 9.59 Å². The van der Waals surface area contributed by atoms with Gasteiger partial charge in [0, 0.05) is 37.7 Å². The Morgan fingerprint density at radius 2 is 1.69 bits per heavy atom. The summed E-state index contributed by atoms with van der Waals surface area (Å²) in [7, 11) is 3.81. The van der Waals surface area contributed by atoms with E-state index in [4.69, 9.17) is 0 Å². The number of hydrogen-bond acceptors (Lipinski definition) is 4.